The van der Waals surface area contributed by atoms with E-state index in [2.05, 4.69) is 29.2 Å². The second-order valence-electron chi connectivity index (χ2n) is 5.00. The van der Waals surface area contributed by atoms with Gasteiger partial charge in [-0.25, -0.2) is 0 Å². The highest BCUT2D eigenvalue weighted by Gasteiger charge is 2.33. The second-order valence-corrected chi connectivity index (χ2v) is 5.00. The molecule has 0 bridgehead atoms. The zero-order valence-corrected chi connectivity index (χ0v) is 10.1. The van der Waals surface area contributed by atoms with Crippen molar-refractivity contribution in [1.82, 2.24) is 4.90 Å². The van der Waals surface area contributed by atoms with Gasteiger partial charge in [0.25, 0.3) is 0 Å². The van der Waals surface area contributed by atoms with E-state index in [9.17, 15) is 0 Å². The van der Waals surface area contributed by atoms with Gasteiger partial charge in [0.2, 0.25) is 0 Å². The number of rotatable bonds is 1. The zero-order chi connectivity index (χ0) is 11.7. The van der Waals surface area contributed by atoms with Crippen molar-refractivity contribution >= 4 is 0 Å². The van der Waals surface area contributed by atoms with Crippen molar-refractivity contribution in [2.45, 2.75) is 24.9 Å². The quantitative estimate of drug-likeness (QED) is 0.794. The van der Waals surface area contributed by atoms with Crippen molar-refractivity contribution < 1.29 is 4.74 Å². The molecular formula is C14H20N2O. The predicted molar refractivity (Wildman–Crippen MR) is 67.9 cm³/mol. The molecule has 1 aliphatic heterocycles. The van der Waals surface area contributed by atoms with Gasteiger partial charge in [-0.05, 0) is 24.0 Å². The maximum absolute atomic E-state index is 6.39. The maximum atomic E-state index is 6.39. The molecule has 1 heterocycles. The summed E-state index contributed by atoms with van der Waals surface area (Å²) in [5.74, 6) is 0. The van der Waals surface area contributed by atoms with Crippen molar-refractivity contribution in [2.75, 3.05) is 26.3 Å². The van der Waals surface area contributed by atoms with Gasteiger partial charge in [0.05, 0.1) is 6.61 Å². The SMILES string of the molecule is NC1c2ccccc2CC1N1CCCOCC1. The first kappa shape index (κ1) is 11.2. The number of fused-ring (bicyclic) bond motifs is 1. The predicted octanol–water partition coefficient (Wildman–Crippen LogP) is 1.33. The van der Waals surface area contributed by atoms with Crippen molar-refractivity contribution in [3.8, 4) is 0 Å². The van der Waals surface area contributed by atoms with Crippen LogP contribution in [0.5, 0.6) is 0 Å². The summed E-state index contributed by atoms with van der Waals surface area (Å²) < 4.78 is 5.51. The summed E-state index contributed by atoms with van der Waals surface area (Å²) in [7, 11) is 0. The minimum absolute atomic E-state index is 0.171. The van der Waals surface area contributed by atoms with Crippen LogP contribution in [0.4, 0.5) is 0 Å². The van der Waals surface area contributed by atoms with Crippen LogP contribution in [0.25, 0.3) is 0 Å². The van der Waals surface area contributed by atoms with E-state index in [1.165, 1.54) is 11.1 Å². The Morgan fingerprint density at radius 2 is 2.06 bits per heavy atom. The summed E-state index contributed by atoms with van der Waals surface area (Å²) in [6.45, 7) is 3.88. The molecular weight excluding hydrogens is 212 g/mol. The minimum Gasteiger partial charge on any atom is -0.380 e. The molecule has 1 aliphatic carbocycles. The van der Waals surface area contributed by atoms with E-state index in [1.54, 1.807) is 0 Å². The molecule has 3 nitrogen and oxygen atoms in total. The van der Waals surface area contributed by atoms with Crippen molar-refractivity contribution in [2.24, 2.45) is 5.73 Å². The number of hydrogen-bond acceptors (Lipinski definition) is 3. The van der Waals surface area contributed by atoms with Crippen LogP contribution >= 0.6 is 0 Å². The Morgan fingerprint density at radius 1 is 1.18 bits per heavy atom. The molecule has 0 saturated carbocycles. The lowest BCUT2D eigenvalue weighted by Crippen LogP contribution is -2.42. The Morgan fingerprint density at radius 3 is 2.94 bits per heavy atom. The highest BCUT2D eigenvalue weighted by atomic mass is 16.5. The first-order chi connectivity index (χ1) is 8.36. The van der Waals surface area contributed by atoms with Crippen molar-refractivity contribution in [3.05, 3.63) is 35.4 Å². The van der Waals surface area contributed by atoms with Crippen LogP contribution in [-0.4, -0.2) is 37.2 Å². The van der Waals surface area contributed by atoms with Gasteiger partial charge in [0.1, 0.15) is 0 Å². The third-order valence-electron chi connectivity index (χ3n) is 3.98. The van der Waals surface area contributed by atoms with Crippen LogP contribution in [-0.2, 0) is 11.2 Å². The lowest BCUT2D eigenvalue weighted by molar-refractivity contribution is 0.128. The molecule has 1 aromatic carbocycles. The molecule has 1 saturated heterocycles. The fraction of sp³-hybridized carbons (Fsp3) is 0.571. The summed E-state index contributed by atoms with van der Waals surface area (Å²) in [6.07, 6.45) is 2.22. The molecule has 0 aromatic heterocycles. The number of nitrogens with zero attached hydrogens (tertiary/aromatic N) is 1. The molecule has 3 heteroatoms. The normalized spacial score (nSPS) is 29.9. The minimum atomic E-state index is 0.171. The number of benzene rings is 1. The van der Waals surface area contributed by atoms with E-state index in [1.807, 2.05) is 0 Å². The first-order valence-corrected chi connectivity index (χ1v) is 6.51. The summed E-state index contributed by atoms with van der Waals surface area (Å²) >= 11 is 0. The lowest BCUT2D eigenvalue weighted by Gasteiger charge is -2.30. The van der Waals surface area contributed by atoms with Gasteiger partial charge in [-0.2, -0.15) is 0 Å². The number of nitrogens with two attached hydrogens (primary N) is 1. The van der Waals surface area contributed by atoms with Gasteiger partial charge in [0.15, 0.2) is 0 Å². The van der Waals surface area contributed by atoms with E-state index >= 15 is 0 Å². The Balaban J connectivity index is 1.78. The Kier molecular flexibility index (Phi) is 3.14. The summed E-state index contributed by atoms with van der Waals surface area (Å²) in [5.41, 5.74) is 9.15. The number of hydrogen-bond donors (Lipinski definition) is 1. The topological polar surface area (TPSA) is 38.5 Å². The molecule has 0 spiro atoms. The first-order valence-electron chi connectivity index (χ1n) is 6.51. The summed E-state index contributed by atoms with van der Waals surface area (Å²) in [5, 5.41) is 0. The molecule has 2 N–H and O–H groups in total. The molecule has 1 fully saturated rings. The van der Waals surface area contributed by atoms with Crippen LogP contribution < -0.4 is 5.73 Å². The van der Waals surface area contributed by atoms with Gasteiger partial charge in [-0.15, -0.1) is 0 Å². The molecule has 2 unspecified atom stereocenters. The fourth-order valence-corrected chi connectivity index (χ4v) is 3.06. The average molecular weight is 232 g/mol. The van der Waals surface area contributed by atoms with Crippen LogP contribution in [0.1, 0.15) is 23.6 Å². The third-order valence-corrected chi connectivity index (χ3v) is 3.98. The van der Waals surface area contributed by atoms with E-state index in [-0.39, 0.29) is 6.04 Å². The largest absolute Gasteiger partial charge is 0.380 e. The molecule has 2 aliphatic rings. The van der Waals surface area contributed by atoms with E-state index in [0.717, 1.165) is 39.1 Å². The van der Waals surface area contributed by atoms with Gasteiger partial charge in [-0.3, -0.25) is 4.90 Å². The summed E-state index contributed by atoms with van der Waals surface area (Å²) in [6, 6.07) is 9.22. The van der Waals surface area contributed by atoms with Crippen LogP contribution in [0.2, 0.25) is 0 Å². The van der Waals surface area contributed by atoms with Gasteiger partial charge in [-0.1, -0.05) is 24.3 Å². The fourth-order valence-electron chi connectivity index (χ4n) is 3.06. The smallest absolute Gasteiger partial charge is 0.0593 e. The Hall–Kier alpha value is -0.900. The Bertz CT molecular complexity index is 386. The number of ether oxygens (including phenoxy) is 1. The van der Waals surface area contributed by atoms with Crippen LogP contribution in [0.15, 0.2) is 24.3 Å². The highest BCUT2D eigenvalue weighted by Crippen LogP contribution is 2.32. The van der Waals surface area contributed by atoms with E-state index < -0.39 is 0 Å². The Labute approximate surface area is 103 Å². The van der Waals surface area contributed by atoms with Crippen LogP contribution in [0, 0.1) is 0 Å². The maximum Gasteiger partial charge on any atom is 0.0593 e. The lowest BCUT2D eigenvalue weighted by atomic mass is 10.1. The third kappa shape index (κ3) is 2.10. The molecule has 1 aromatic rings. The standard InChI is InChI=1S/C14H20N2O/c15-14-12-5-2-1-4-11(12)10-13(14)16-6-3-8-17-9-7-16/h1-2,4-5,13-14H,3,6-10,15H2. The second kappa shape index (κ2) is 4.77. The summed E-state index contributed by atoms with van der Waals surface area (Å²) in [4.78, 5) is 2.51. The van der Waals surface area contributed by atoms with Crippen molar-refractivity contribution in [3.63, 3.8) is 0 Å². The van der Waals surface area contributed by atoms with E-state index in [4.69, 9.17) is 10.5 Å². The molecule has 0 radical (unpaired) electrons. The molecule has 92 valence electrons. The highest BCUT2D eigenvalue weighted by molar-refractivity contribution is 5.36. The van der Waals surface area contributed by atoms with E-state index in [0.29, 0.717) is 6.04 Å². The van der Waals surface area contributed by atoms with Gasteiger partial charge < -0.3 is 10.5 Å². The average Bonchev–Trinajstić information content (AvgIpc) is 2.57. The molecule has 17 heavy (non-hydrogen) atoms. The molecule has 2 atom stereocenters. The monoisotopic (exact) mass is 232 g/mol. The van der Waals surface area contributed by atoms with Crippen molar-refractivity contribution in [1.29, 1.82) is 0 Å². The van der Waals surface area contributed by atoms with Gasteiger partial charge >= 0.3 is 0 Å². The molecule has 3 rings (SSSR count). The van der Waals surface area contributed by atoms with Gasteiger partial charge in [0, 0.05) is 31.8 Å². The zero-order valence-electron chi connectivity index (χ0n) is 10.1. The van der Waals surface area contributed by atoms with Crippen LogP contribution in [0.3, 0.4) is 0 Å². The molecule has 0 amide bonds.